The molecule has 0 saturated carbocycles. The second kappa shape index (κ2) is 8.94. The Bertz CT molecular complexity index is 976. The Morgan fingerprint density at radius 2 is 1.91 bits per heavy atom. The second-order valence-electron chi connectivity index (χ2n) is 8.87. The number of nitrogens with one attached hydrogen (secondary N) is 2. The Labute approximate surface area is 187 Å². The van der Waals surface area contributed by atoms with E-state index in [4.69, 9.17) is 14.5 Å². The molecule has 0 bridgehead atoms. The highest BCUT2D eigenvalue weighted by Gasteiger charge is 2.30. The number of amides is 3. The SMILES string of the molecule is CC(C)(C)OC(=O)N[C@H]1CCN(c2ccc3c(n2)N(C(=O)Nc2ccccc2)CCO3)C1. The van der Waals surface area contributed by atoms with Crippen molar-refractivity contribution in [2.75, 3.05) is 41.4 Å². The molecule has 0 unspecified atom stereocenters. The van der Waals surface area contributed by atoms with Crippen molar-refractivity contribution in [1.82, 2.24) is 10.3 Å². The summed E-state index contributed by atoms with van der Waals surface area (Å²) in [5.74, 6) is 1.80. The summed E-state index contributed by atoms with van der Waals surface area (Å²) >= 11 is 0. The van der Waals surface area contributed by atoms with Crippen molar-refractivity contribution in [2.45, 2.75) is 38.8 Å². The van der Waals surface area contributed by atoms with Gasteiger partial charge in [-0.2, -0.15) is 0 Å². The summed E-state index contributed by atoms with van der Waals surface area (Å²) in [5.41, 5.74) is 0.184. The number of urea groups is 1. The molecule has 9 nitrogen and oxygen atoms in total. The normalized spacial score (nSPS) is 17.9. The summed E-state index contributed by atoms with van der Waals surface area (Å²) < 4.78 is 11.1. The van der Waals surface area contributed by atoms with Crippen molar-refractivity contribution in [3.8, 4) is 5.75 Å². The Morgan fingerprint density at radius 3 is 2.66 bits per heavy atom. The van der Waals surface area contributed by atoms with Crippen LogP contribution in [0.4, 0.5) is 26.9 Å². The maximum absolute atomic E-state index is 12.9. The molecule has 3 amide bonds. The van der Waals surface area contributed by atoms with E-state index >= 15 is 0 Å². The van der Waals surface area contributed by atoms with Crippen molar-refractivity contribution in [3.05, 3.63) is 42.5 Å². The van der Waals surface area contributed by atoms with E-state index in [1.165, 1.54) is 0 Å². The van der Waals surface area contributed by atoms with Gasteiger partial charge in [-0.1, -0.05) is 18.2 Å². The average Bonchev–Trinajstić information content (AvgIpc) is 3.20. The molecule has 170 valence electrons. The minimum atomic E-state index is -0.536. The standard InChI is InChI=1S/C23H29N5O4/c1-23(2,3)32-22(30)25-17-11-12-27(15-17)19-10-9-18-20(26-19)28(13-14-31-18)21(29)24-16-7-5-4-6-8-16/h4-10,17H,11-15H2,1-3H3,(H,24,29)(H,25,30)/t17-/m0/s1. The van der Waals surface area contributed by atoms with Crippen LogP contribution in [-0.4, -0.2) is 55.0 Å². The van der Waals surface area contributed by atoms with E-state index in [2.05, 4.69) is 15.5 Å². The zero-order chi connectivity index (χ0) is 22.7. The number of ether oxygens (including phenoxy) is 2. The monoisotopic (exact) mass is 439 g/mol. The van der Waals surface area contributed by atoms with Crippen molar-refractivity contribution in [2.24, 2.45) is 0 Å². The average molecular weight is 440 g/mol. The molecule has 1 atom stereocenters. The van der Waals surface area contributed by atoms with Gasteiger partial charge < -0.3 is 25.0 Å². The molecule has 1 aromatic heterocycles. The van der Waals surface area contributed by atoms with Crippen molar-refractivity contribution < 1.29 is 19.1 Å². The van der Waals surface area contributed by atoms with Gasteiger partial charge in [-0.05, 0) is 51.5 Å². The number of carbonyl (C=O) groups is 2. The number of carbonyl (C=O) groups excluding carboxylic acids is 2. The molecule has 4 rings (SSSR count). The highest BCUT2D eigenvalue weighted by Crippen LogP contribution is 2.33. The molecule has 3 heterocycles. The van der Waals surface area contributed by atoms with Crippen LogP contribution in [0.2, 0.25) is 0 Å². The van der Waals surface area contributed by atoms with Crippen LogP contribution < -0.4 is 25.2 Å². The molecule has 1 saturated heterocycles. The van der Waals surface area contributed by atoms with Crippen LogP contribution in [0.5, 0.6) is 5.75 Å². The molecule has 0 radical (unpaired) electrons. The number of hydrogen-bond acceptors (Lipinski definition) is 6. The second-order valence-corrected chi connectivity index (χ2v) is 8.87. The quantitative estimate of drug-likeness (QED) is 0.758. The fourth-order valence-electron chi connectivity index (χ4n) is 3.73. The van der Waals surface area contributed by atoms with Crippen LogP contribution in [0.3, 0.4) is 0 Å². The number of benzene rings is 1. The number of alkyl carbamates (subject to hydrolysis) is 1. The molecule has 1 fully saturated rings. The van der Waals surface area contributed by atoms with Gasteiger partial charge in [0.15, 0.2) is 11.6 Å². The minimum absolute atomic E-state index is 0.0311. The third kappa shape index (κ3) is 5.22. The van der Waals surface area contributed by atoms with Crippen LogP contribution in [0, 0.1) is 0 Å². The molecule has 2 aliphatic rings. The van der Waals surface area contributed by atoms with Gasteiger partial charge in [0.2, 0.25) is 0 Å². The zero-order valence-corrected chi connectivity index (χ0v) is 18.6. The summed E-state index contributed by atoms with van der Waals surface area (Å²) in [6.07, 6.45) is 0.368. The minimum Gasteiger partial charge on any atom is -0.488 e. The van der Waals surface area contributed by atoms with Gasteiger partial charge in [0, 0.05) is 18.8 Å². The Balaban J connectivity index is 1.44. The summed E-state index contributed by atoms with van der Waals surface area (Å²) in [6.45, 7) is 7.68. The van der Waals surface area contributed by atoms with Crippen LogP contribution >= 0.6 is 0 Å². The molecule has 2 aliphatic heterocycles. The zero-order valence-electron chi connectivity index (χ0n) is 18.6. The number of para-hydroxylation sites is 1. The molecular weight excluding hydrogens is 410 g/mol. The number of aromatic nitrogens is 1. The van der Waals surface area contributed by atoms with Gasteiger partial charge in [0.1, 0.15) is 18.0 Å². The van der Waals surface area contributed by atoms with Crippen LogP contribution in [0.1, 0.15) is 27.2 Å². The summed E-state index contributed by atoms with van der Waals surface area (Å²) in [6, 6.07) is 12.8. The molecule has 2 N–H and O–H groups in total. The first kappa shape index (κ1) is 21.7. The molecular formula is C23H29N5O4. The molecule has 0 spiro atoms. The van der Waals surface area contributed by atoms with Gasteiger partial charge in [-0.25, -0.2) is 14.6 Å². The number of anilines is 3. The van der Waals surface area contributed by atoms with Crippen molar-refractivity contribution in [3.63, 3.8) is 0 Å². The number of hydrogen-bond donors (Lipinski definition) is 2. The van der Waals surface area contributed by atoms with E-state index in [1.807, 2.05) is 63.2 Å². The number of pyridine rings is 1. The third-order valence-corrected chi connectivity index (χ3v) is 5.16. The molecule has 1 aromatic carbocycles. The Morgan fingerprint density at radius 1 is 1.12 bits per heavy atom. The van der Waals surface area contributed by atoms with E-state index in [0.29, 0.717) is 31.3 Å². The predicted octanol–water partition coefficient (Wildman–Crippen LogP) is 3.62. The number of rotatable bonds is 3. The topological polar surface area (TPSA) is 96.0 Å². The van der Waals surface area contributed by atoms with Gasteiger partial charge in [0.05, 0.1) is 12.6 Å². The summed E-state index contributed by atoms with van der Waals surface area (Å²) in [4.78, 5) is 33.4. The van der Waals surface area contributed by atoms with Crippen molar-refractivity contribution >= 4 is 29.4 Å². The molecule has 32 heavy (non-hydrogen) atoms. The van der Waals surface area contributed by atoms with Gasteiger partial charge >= 0.3 is 12.1 Å². The molecule has 9 heteroatoms. The van der Waals surface area contributed by atoms with Crippen LogP contribution in [0.25, 0.3) is 0 Å². The Kier molecular flexibility index (Phi) is 6.07. The van der Waals surface area contributed by atoms with E-state index in [9.17, 15) is 9.59 Å². The fraction of sp³-hybridized carbons (Fsp3) is 0.435. The number of nitrogens with zero attached hydrogens (tertiary/aromatic N) is 3. The van der Waals surface area contributed by atoms with Crippen LogP contribution in [0.15, 0.2) is 42.5 Å². The fourth-order valence-corrected chi connectivity index (χ4v) is 3.73. The van der Waals surface area contributed by atoms with E-state index in [1.54, 1.807) is 4.90 Å². The highest BCUT2D eigenvalue weighted by molar-refractivity contribution is 6.02. The molecule has 2 aromatic rings. The summed E-state index contributed by atoms with van der Waals surface area (Å²) in [7, 11) is 0. The third-order valence-electron chi connectivity index (χ3n) is 5.16. The van der Waals surface area contributed by atoms with Crippen molar-refractivity contribution in [1.29, 1.82) is 0 Å². The lowest BCUT2D eigenvalue weighted by atomic mass is 10.2. The van der Waals surface area contributed by atoms with Gasteiger partial charge in [-0.15, -0.1) is 0 Å². The summed E-state index contributed by atoms with van der Waals surface area (Å²) in [5, 5.41) is 5.83. The largest absolute Gasteiger partial charge is 0.488 e. The van der Waals surface area contributed by atoms with Crippen LogP contribution in [-0.2, 0) is 4.74 Å². The Hall–Kier alpha value is -3.49. The number of fused-ring (bicyclic) bond motifs is 1. The maximum Gasteiger partial charge on any atom is 0.407 e. The first-order valence-electron chi connectivity index (χ1n) is 10.8. The molecule has 0 aliphatic carbocycles. The van der Waals surface area contributed by atoms with E-state index in [-0.39, 0.29) is 12.1 Å². The predicted molar refractivity (Wildman–Crippen MR) is 123 cm³/mol. The van der Waals surface area contributed by atoms with Gasteiger partial charge in [-0.3, -0.25) is 4.90 Å². The van der Waals surface area contributed by atoms with Gasteiger partial charge in [0.25, 0.3) is 0 Å². The first-order chi connectivity index (χ1) is 15.3. The lowest BCUT2D eigenvalue weighted by molar-refractivity contribution is 0.0509. The van der Waals surface area contributed by atoms with E-state index in [0.717, 1.165) is 24.5 Å². The maximum atomic E-state index is 12.9. The highest BCUT2D eigenvalue weighted by atomic mass is 16.6. The van der Waals surface area contributed by atoms with E-state index < -0.39 is 11.7 Å². The first-order valence-corrected chi connectivity index (χ1v) is 10.8. The lowest BCUT2D eigenvalue weighted by Gasteiger charge is -2.30. The smallest absolute Gasteiger partial charge is 0.407 e. The lowest BCUT2D eigenvalue weighted by Crippen LogP contribution is -2.42.